The molecule has 0 aromatic rings. The Morgan fingerprint density at radius 2 is 2.12 bits per heavy atom. The topological polar surface area (TPSA) is 49.4 Å². The lowest BCUT2D eigenvalue weighted by Gasteiger charge is -2.14. The third-order valence-electron chi connectivity index (χ3n) is 2.49. The van der Waals surface area contributed by atoms with Crippen molar-refractivity contribution in [2.45, 2.75) is 18.6 Å². The van der Waals surface area contributed by atoms with Gasteiger partial charge in [0, 0.05) is 13.1 Å². The van der Waals surface area contributed by atoms with E-state index in [1.54, 1.807) is 0 Å². The summed E-state index contributed by atoms with van der Waals surface area (Å²) in [7, 11) is 1.37. The summed E-state index contributed by atoms with van der Waals surface area (Å²) in [6, 6.07) is -0.852. The number of hydrogen-bond acceptors (Lipinski definition) is 2. The van der Waals surface area contributed by atoms with Crippen LogP contribution in [0.2, 0.25) is 0 Å². The Labute approximate surface area is 96.5 Å². The molecule has 4 nitrogen and oxygen atoms in total. The Bertz CT molecular complexity index is 341. The van der Waals surface area contributed by atoms with E-state index in [4.69, 9.17) is 0 Å². The second-order valence-corrected chi connectivity index (χ2v) is 3.96. The zero-order chi connectivity index (χ0) is 13.2. The minimum atomic E-state index is -4.26. The number of amides is 2. The number of alkyl halides is 3. The van der Waals surface area contributed by atoms with Crippen LogP contribution >= 0.6 is 0 Å². The fraction of sp³-hybridized carbons (Fsp3) is 0.600. The number of nitrogens with one attached hydrogen (secondary N) is 1. The van der Waals surface area contributed by atoms with Gasteiger partial charge in [-0.2, -0.15) is 13.2 Å². The summed E-state index contributed by atoms with van der Waals surface area (Å²) < 4.78 is 36.5. The van der Waals surface area contributed by atoms with Crippen molar-refractivity contribution in [2.24, 2.45) is 5.92 Å². The molecule has 1 saturated carbocycles. The number of hydrogen-bond donors (Lipinski definition) is 1. The van der Waals surface area contributed by atoms with Crippen LogP contribution in [-0.4, -0.2) is 42.5 Å². The van der Waals surface area contributed by atoms with Crippen molar-refractivity contribution in [1.82, 2.24) is 10.2 Å². The predicted octanol–water partition coefficient (Wildman–Crippen LogP) is 0.698. The average Bonchev–Trinajstić information content (AvgIpc) is 2.94. The minimum absolute atomic E-state index is 0.0889. The zero-order valence-electron chi connectivity index (χ0n) is 9.25. The molecule has 0 aliphatic heterocycles. The van der Waals surface area contributed by atoms with Crippen molar-refractivity contribution in [3.05, 3.63) is 12.7 Å². The van der Waals surface area contributed by atoms with Gasteiger partial charge in [-0.05, 0) is 12.5 Å². The maximum atomic E-state index is 12.2. The van der Waals surface area contributed by atoms with Crippen LogP contribution in [0, 0.1) is 5.92 Å². The van der Waals surface area contributed by atoms with E-state index in [1.165, 1.54) is 7.05 Å². The quantitative estimate of drug-likeness (QED) is 0.747. The zero-order valence-corrected chi connectivity index (χ0v) is 9.25. The van der Waals surface area contributed by atoms with E-state index >= 15 is 0 Å². The van der Waals surface area contributed by atoms with Crippen molar-refractivity contribution in [3.63, 3.8) is 0 Å². The lowest BCUT2D eigenvalue weighted by molar-refractivity contribution is -0.149. The van der Waals surface area contributed by atoms with Crippen LogP contribution in [0.3, 0.4) is 0 Å². The van der Waals surface area contributed by atoms with Gasteiger partial charge < -0.3 is 10.2 Å². The molecular weight excluding hydrogens is 237 g/mol. The maximum absolute atomic E-state index is 12.2. The average molecular weight is 250 g/mol. The second kappa shape index (κ2) is 4.77. The smallest absolute Gasteiger partial charge is 0.351 e. The standard InChI is InChI=1S/C10H13F3N2O2/c1-3-9(17)15(2)5-8(16)14-7-4-6(7)10(11,12)13/h3,6-7H,1,4-5H2,2H3,(H,14,16)/t6-,7-/m1/s1. The molecule has 0 unspecified atom stereocenters. The van der Waals surface area contributed by atoms with Gasteiger partial charge in [0.05, 0.1) is 12.5 Å². The van der Waals surface area contributed by atoms with E-state index in [1.807, 2.05) is 0 Å². The summed E-state index contributed by atoms with van der Waals surface area (Å²) in [5.41, 5.74) is 0. The molecule has 0 saturated heterocycles. The lowest BCUT2D eigenvalue weighted by atomic mass is 10.4. The number of rotatable bonds is 4. The van der Waals surface area contributed by atoms with Gasteiger partial charge in [0.1, 0.15) is 0 Å². The van der Waals surface area contributed by atoms with E-state index in [9.17, 15) is 22.8 Å². The van der Waals surface area contributed by atoms with Crippen LogP contribution < -0.4 is 5.32 Å². The molecule has 0 bridgehead atoms. The van der Waals surface area contributed by atoms with Gasteiger partial charge in [0.25, 0.3) is 0 Å². The number of likely N-dealkylation sites (N-methyl/N-ethyl adjacent to an activating group) is 1. The number of carbonyl (C=O) groups excluding carboxylic acids is 2. The summed E-state index contributed by atoms with van der Waals surface area (Å²) >= 11 is 0. The molecule has 1 aliphatic carbocycles. The van der Waals surface area contributed by atoms with Crippen LogP contribution in [-0.2, 0) is 9.59 Å². The van der Waals surface area contributed by atoms with Crippen LogP contribution in [0.15, 0.2) is 12.7 Å². The molecular formula is C10H13F3N2O2. The maximum Gasteiger partial charge on any atom is 0.393 e. The second-order valence-electron chi connectivity index (χ2n) is 3.96. The minimum Gasteiger partial charge on any atom is -0.351 e. The van der Waals surface area contributed by atoms with Gasteiger partial charge >= 0.3 is 6.18 Å². The highest BCUT2D eigenvalue weighted by Gasteiger charge is 2.56. The van der Waals surface area contributed by atoms with Crippen molar-refractivity contribution < 1.29 is 22.8 Å². The Morgan fingerprint density at radius 3 is 2.53 bits per heavy atom. The van der Waals surface area contributed by atoms with Gasteiger partial charge in [-0.3, -0.25) is 9.59 Å². The van der Waals surface area contributed by atoms with E-state index in [0.29, 0.717) is 0 Å². The first-order valence-electron chi connectivity index (χ1n) is 4.99. The molecule has 2 atom stereocenters. The molecule has 0 aromatic heterocycles. The third kappa shape index (κ3) is 3.76. The number of nitrogens with zero attached hydrogens (tertiary/aromatic N) is 1. The Balaban J connectivity index is 2.33. The Hall–Kier alpha value is -1.53. The molecule has 0 heterocycles. The van der Waals surface area contributed by atoms with Crippen molar-refractivity contribution in [3.8, 4) is 0 Å². The molecule has 0 spiro atoms. The molecule has 0 aromatic carbocycles. The Kier molecular flexibility index (Phi) is 3.79. The summed E-state index contributed by atoms with van der Waals surface area (Å²) in [5.74, 6) is -2.50. The highest BCUT2D eigenvalue weighted by molar-refractivity contribution is 5.90. The molecule has 0 radical (unpaired) electrons. The fourth-order valence-corrected chi connectivity index (χ4v) is 1.42. The van der Waals surface area contributed by atoms with Crippen molar-refractivity contribution >= 4 is 11.8 Å². The van der Waals surface area contributed by atoms with Gasteiger partial charge in [-0.15, -0.1) is 0 Å². The van der Waals surface area contributed by atoms with E-state index in [0.717, 1.165) is 11.0 Å². The first-order valence-corrected chi connectivity index (χ1v) is 4.99. The Morgan fingerprint density at radius 1 is 1.53 bits per heavy atom. The molecule has 1 aliphatic rings. The first kappa shape index (κ1) is 13.5. The number of halogens is 3. The predicted molar refractivity (Wildman–Crippen MR) is 53.9 cm³/mol. The molecule has 1 rings (SSSR count). The molecule has 1 fully saturated rings. The van der Waals surface area contributed by atoms with Gasteiger partial charge in [-0.25, -0.2) is 0 Å². The molecule has 17 heavy (non-hydrogen) atoms. The summed E-state index contributed by atoms with van der Waals surface area (Å²) in [6.07, 6.45) is -3.32. The third-order valence-corrected chi connectivity index (χ3v) is 2.49. The highest BCUT2D eigenvalue weighted by Crippen LogP contribution is 2.44. The van der Waals surface area contributed by atoms with Crippen LogP contribution in [0.4, 0.5) is 13.2 Å². The largest absolute Gasteiger partial charge is 0.393 e. The number of carbonyl (C=O) groups is 2. The SMILES string of the molecule is C=CC(=O)N(C)CC(=O)N[C@@H]1C[C@H]1C(F)(F)F. The van der Waals surface area contributed by atoms with Crippen molar-refractivity contribution in [1.29, 1.82) is 0 Å². The lowest BCUT2D eigenvalue weighted by Crippen LogP contribution is -2.39. The summed E-state index contributed by atoms with van der Waals surface area (Å²) in [5, 5.41) is 2.23. The van der Waals surface area contributed by atoms with Gasteiger partial charge in [0.15, 0.2) is 0 Å². The van der Waals surface area contributed by atoms with E-state index in [2.05, 4.69) is 11.9 Å². The normalized spacial score (nSPS) is 22.8. The molecule has 7 heteroatoms. The van der Waals surface area contributed by atoms with E-state index in [-0.39, 0.29) is 13.0 Å². The van der Waals surface area contributed by atoms with Crippen LogP contribution in [0.25, 0.3) is 0 Å². The molecule has 96 valence electrons. The van der Waals surface area contributed by atoms with E-state index < -0.39 is 30.0 Å². The monoisotopic (exact) mass is 250 g/mol. The molecule has 1 N–H and O–H groups in total. The summed E-state index contributed by atoms with van der Waals surface area (Å²) in [4.78, 5) is 23.4. The fourth-order valence-electron chi connectivity index (χ4n) is 1.42. The van der Waals surface area contributed by atoms with Crippen molar-refractivity contribution in [2.75, 3.05) is 13.6 Å². The van der Waals surface area contributed by atoms with Gasteiger partial charge in [0.2, 0.25) is 11.8 Å². The summed E-state index contributed by atoms with van der Waals surface area (Å²) in [6.45, 7) is 2.96. The first-order chi connectivity index (χ1) is 7.75. The van der Waals surface area contributed by atoms with Gasteiger partial charge in [-0.1, -0.05) is 6.58 Å². The highest BCUT2D eigenvalue weighted by atomic mass is 19.4. The van der Waals surface area contributed by atoms with Crippen LogP contribution in [0.5, 0.6) is 0 Å². The molecule has 2 amide bonds. The van der Waals surface area contributed by atoms with Crippen LogP contribution in [0.1, 0.15) is 6.42 Å².